The molecule has 0 saturated carbocycles. The van der Waals surface area contributed by atoms with E-state index in [-0.39, 0.29) is 11.1 Å². The fourth-order valence-corrected chi connectivity index (χ4v) is 1.60. The highest BCUT2D eigenvalue weighted by Crippen LogP contribution is 2.29. The van der Waals surface area contributed by atoms with Crippen LogP contribution in [0.2, 0.25) is 0 Å². The molecule has 0 unspecified atom stereocenters. The molecule has 1 aromatic carbocycles. The summed E-state index contributed by atoms with van der Waals surface area (Å²) in [5.41, 5.74) is 0. The van der Waals surface area contributed by atoms with Crippen molar-refractivity contribution in [2.75, 3.05) is 0 Å². The van der Waals surface area contributed by atoms with E-state index in [0.29, 0.717) is 10.6 Å². The number of benzene rings is 1. The molecule has 0 atom stereocenters. The summed E-state index contributed by atoms with van der Waals surface area (Å²) in [6.45, 7) is 2.80. The van der Waals surface area contributed by atoms with E-state index >= 15 is 0 Å². The number of ether oxygens (including phenoxy) is 1. The largest absolute Gasteiger partial charge is 0.426 e. The Balaban J connectivity index is 2.90. The van der Waals surface area contributed by atoms with Gasteiger partial charge in [0, 0.05) is 13.8 Å². The van der Waals surface area contributed by atoms with Crippen molar-refractivity contribution in [2.24, 2.45) is 0 Å². The molecule has 0 heterocycles. The van der Waals surface area contributed by atoms with Crippen molar-refractivity contribution in [1.82, 2.24) is 0 Å². The van der Waals surface area contributed by atoms with Gasteiger partial charge in [-0.15, -0.1) is 0 Å². The highest BCUT2D eigenvalue weighted by atomic mass is 32.2. The van der Waals surface area contributed by atoms with Crippen LogP contribution in [0.15, 0.2) is 29.2 Å². The zero-order valence-corrected chi connectivity index (χ0v) is 8.76. The Morgan fingerprint density at radius 1 is 1.21 bits per heavy atom. The summed E-state index contributed by atoms with van der Waals surface area (Å²) in [5.74, 6) is 0.0433. The molecule has 3 nitrogen and oxygen atoms in total. The second-order valence-electron chi connectivity index (χ2n) is 2.63. The molecule has 0 amide bonds. The zero-order valence-electron chi connectivity index (χ0n) is 7.94. The van der Waals surface area contributed by atoms with Gasteiger partial charge in [-0.1, -0.05) is 12.1 Å². The topological polar surface area (TPSA) is 43.4 Å². The lowest BCUT2D eigenvalue weighted by Gasteiger charge is -2.05. The Morgan fingerprint density at radius 3 is 2.43 bits per heavy atom. The van der Waals surface area contributed by atoms with E-state index in [0.717, 1.165) is 11.8 Å². The summed E-state index contributed by atoms with van der Waals surface area (Å²) < 4.78 is 4.93. The lowest BCUT2D eigenvalue weighted by atomic mass is 10.3. The molecule has 0 radical (unpaired) electrons. The van der Waals surface area contributed by atoms with Gasteiger partial charge in [0.2, 0.25) is 0 Å². The maximum atomic E-state index is 10.9. The van der Waals surface area contributed by atoms with E-state index < -0.39 is 0 Å². The number of para-hydroxylation sites is 1. The summed E-state index contributed by atoms with van der Waals surface area (Å²) in [4.78, 5) is 22.3. The first kappa shape index (κ1) is 10.8. The van der Waals surface area contributed by atoms with Crippen molar-refractivity contribution >= 4 is 22.8 Å². The quantitative estimate of drug-likeness (QED) is 0.426. The van der Waals surface area contributed by atoms with Gasteiger partial charge in [-0.05, 0) is 23.9 Å². The standard InChI is InChI=1S/C10H10O3S/c1-7(11)13-9-5-3-4-6-10(9)14-8(2)12/h3-6H,1-2H3. The van der Waals surface area contributed by atoms with Crippen molar-refractivity contribution in [1.29, 1.82) is 0 Å². The minimum absolute atomic E-state index is 0.0374. The van der Waals surface area contributed by atoms with Crippen LogP contribution >= 0.6 is 11.8 Å². The minimum Gasteiger partial charge on any atom is -0.426 e. The molecular weight excluding hydrogens is 200 g/mol. The first-order valence-electron chi connectivity index (χ1n) is 4.05. The van der Waals surface area contributed by atoms with Gasteiger partial charge in [0.15, 0.2) is 5.12 Å². The fourth-order valence-electron chi connectivity index (χ4n) is 0.928. The van der Waals surface area contributed by atoms with Crippen LogP contribution in [0.25, 0.3) is 0 Å². The average molecular weight is 210 g/mol. The van der Waals surface area contributed by atoms with E-state index in [1.807, 2.05) is 0 Å². The van der Waals surface area contributed by atoms with Crippen molar-refractivity contribution in [3.8, 4) is 5.75 Å². The maximum Gasteiger partial charge on any atom is 0.308 e. The number of esters is 1. The zero-order chi connectivity index (χ0) is 10.6. The van der Waals surface area contributed by atoms with Crippen molar-refractivity contribution in [3.05, 3.63) is 24.3 Å². The van der Waals surface area contributed by atoms with Gasteiger partial charge in [-0.25, -0.2) is 0 Å². The monoisotopic (exact) mass is 210 g/mol. The molecule has 0 aromatic heterocycles. The predicted molar refractivity (Wildman–Crippen MR) is 54.3 cm³/mol. The van der Waals surface area contributed by atoms with Crippen LogP contribution in [0.5, 0.6) is 5.75 Å². The third-order valence-electron chi connectivity index (χ3n) is 1.36. The van der Waals surface area contributed by atoms with Gasteiger partial charge in [-0.2, -0.15) is 0 Å². The molecule has 14 heavy (non-hydrogen) atoms. The Hall–Kier alpha value is -1.29. The first-order chi connectivity index (χ1) is 6.59. The lowest BCUT2D eigenvalue weighted by Crippen LogP contribution is -2.02. The van der Waals surface area contributed by atoms with E-state index in [1.165, 1.54) is 13.8 Å². The number of thioether (sulfide) groups is 1. The summed E-state index contributed by atoms with van der Waals surface area (Å²) in [6, 6.07) is 6.94. The van der Waals surface area contributed by atoms with E-state index in [1.54, 1.807) is 24.3 Å². The van der Waals surface area contributed by atoms with Crippen molar-refractivity contribution in [2.45, 2.75) is 18.7 Å². The van der Waals surface area contributed by atoms with Crippen molar-refractivity contribution < 1.29 is 14.3 Å². The third kappa shape index (κ3) is 3.22. The Labute approximate surface area is 86.5 Å². The molecule has 0 fully saturated rings. The SMILES string of the molecule is CC(=O)Oc1ccccc1SC(C)=O. The number of hydrogen-bond donors (Lipinski definition) is 0. The fraction of sp³-hybridized carbons (Fsp3) is 0.200. The van der Waals surface area contributed by atoms with Gasteiger partial charge in [0.1, 0.15) is 5.75 Å². The third-order valence-corrected chi connectivity index (χ3v) is 2.20. The molecule has 0 saturated heterocycles. The number of rotatable bonds is 2. The Bertz CT molecular complexity index is 325. The summed E-state index contributed by atoms with van der Waals surface area (Å²) in [5, 5.41) is -0.0374. The Morgan fingerprint density at radius 2 is 1.86 bits per heavy atom. The van der Waals surface area contributed by atoms with E-state index in [4.69, 9.17) is 4.74 Å². The molecule has 0 spiro atoms. The average Bonchev–Trinajstić information content (AvgIpc) is 2.06. The number of carbonyl (C=O) groups is 2. The molecule has 1 rings (SSSR count). The normalized spacial score (nSPS) is 9.57. The predicted octanol–water partition coefficient (Wildman–Crippen LogP) is 2.25. The molecule has 74 valence electrons. The van der Waals surface area contributed by atoms with Crippen LogP contribution in [0.4, 0.5) is 0 Å². The highest BCUT2D eigenvalue weighted by Gasteiger charge is 2.07. The number of carbonyl (C=O) groups excluding carboxylic acids is 2. The Kier molecular flexibility index (Phi) is 3.71. The number of hydrogen-bond acceptors (Lipinski definition) is 4. The van der Waals surface area contributed by atoms with Crippen LogP contribution in [-0.2, 0) is 9.59 Å². The van der Waals surface area contributed by atoms with E-state index in [2.05, 4.69) is 0 Å². The van der Waals surface area contributed by atoms with Crippen molar-refractivity contribution in [3.63, 3.8) is 0 Å². The smallest absolute Gasteiger partial charge is 0.308 e. The van der Waals surface area contributed by atoms with Crippen LogP contribution < -0.4 is 4.74 Å². The first-order valence-corrected chi connectivity index (χ1v) is 4.87. The second kappa shape index (κ2) is 4.81. The van der Waals surface area contributed by atoms with Gasteiger partial charge in [0.05, 0.1) is 4.90 Å². The van der Waals surface area contributed by atoms with Gasteiger partial charge >= 0.3 is 5.97 Å². The van der Waals surface area contributed by atoms with Crippen LogP contribution in [0.3, 0.4) is 0 Å². The van der Waals surface area contributed by atoms with Gasteiger partial charge in [-0.3, -0.25) is 9.59 Å². The van der Waals surface area contributed by atoms with E-state index in [9.17, 15) is 9.59 Å². The second-order valence-corrected chi connectivity index (χ2v) is 3.85. The maximum absolute atomic E-state index is 10.9. The van der Waals surface area contributed by atoms with Gasteiger partial charge in [0.25, 0.3) is 0 Å². The highest BCUT2D eigenvalue weighted by molar-refractivity contribution is 8.13. The molecule has 0 bridgehead atoms. The molecule has 0 N–H and O–H groups in total. The molecular formula is C10H10O3S. The molecule has 4 heteroatoms. The van der Waals surface area contributed by atoms with Crippen LogP contribution in [-0.4, -0.2) is 11.1 Å². The van der Waals surface area contributed by atoms with Gasteiger partial charge < -0.3 is 4.74 Å². The minimum atomic E-state index is -0.387. The summed E-state index contributed by atoms with van der Waals surface area (Å²) in [7, 11) is 0. The summed E-state index contributed by atoms with van der Waals surface area (Å²) >= 11 is 1.05. The molecule has 0 aliphatic rings. The molecule has 0 aliphatic heterocycles. The molecule has 1 aromatic rings. The lowest BCUT2D eigenvalue weighted by molar-refractivity contribution is -0.132. The molecule has 0 aliphatic carbocycles. The summed E-state index contributed by atoms with van der Waals surface area (Å²) in [6.07, 6.45) is 0. The van der Waals surface area contributed by atoms with Crippen LogP contribution in [0.1, 0.15) is 13.8 Å². The van der Waals surface area contributed by atoms with Crippen LogP contribution in [0, 0.1) is 0 Å².